The highest BCUT2D eigenvalue weighted by Crippen LogP contribution is 2.12. The van der Waals surface area contributed by atoms with Gasteiger partial charge < -0.3 is 50.3 Å². The van der Waals surface area contributed by atoms with Gasteiger partial charge in [-0.15, -0.1) is 0 Å². The summed E-state index contributed by atoms with van der Waals surface area (Å²) in [5.74, 6) is 1.10. The molecule has 0 fully saturated rings. The number of nitrogens with two attached hydrogens (primary N) is 4. The summed E-state index contributed by atoms with van der Waals surface area (Å²) in [4.78, 5) is 108. The molecule has 8 heterocycles. The van der Waals surface area contributed by atoms with Crippen molar-refractivity contribution in [1.82, 2.24) is 77.2 Å². The monoisotopic (exact) mass is 844 g/mol. The van der Waals surface area contributed by atoms with E-state index in [2.05, 4.69) is 49.8 Å². The molecule has 11 N–H and O–H groups in total. The van der Waals surface area contributed by atoms with Crippen LogP contribution in [0.15, 0.2) is 89.5 Å². The van der Waals surface area contributed by atoms with Crippen molar-refractivity contribution < 1.29 is 0 Å². The van der Waals surface area contributed by atoms with Crippen molar-refractivity contribution in [3.8, 4) is 0 Å². The van der Waals surface area contributed by atoms with Crippen LogP contribution in [0.4, 0.5) is 23.4 Å². The van der Waals surface area contributed by atoms with Crippen LogP contribution in [0.5, 0.6) is 0 Å². The van der Waals surface area contributed by atoms with E-state index in [1.165, 1.54) is 49.4 Å². The van der Waals surface area contributed by atoms with Crippen LogP contribution in [0.3, 0.4) is 0 Å². The smallest absolute Gasteiger partial charge is 0.349 e. The number of anilines is 4. The number of hydrogen-bond donors (Lipinski definition) is 7. The SMILES string of the molecule is Cc1cn(C)c(=O)[nH]c1=O.Cc1cn(C)c(=O)nc1N.Cn1ccc(=O)[nH]c1=O.Cn1ccc(N)nc1=O.Cn1cnc2c(=O)[nH]c(N)nc21.Cn1cnc2c(N)ncnc21. The Kier molecular flexibility index (Phi) is 15.7. The first-order chi connectivity index (χ1) is 28.6. The summed E-state index contributed by atoms with van der Waals surface area (Å²) in [5, 5.41) is 0. The molecule has 0 spiro atoms. The van der Waals surface area contributed by atoms with Gasteiger partial charge in [-0.2, -0.15) is 15.0 Å². The fraction of sp³-hybridized carbons (Fsp3) is 0.235. The Morgan fingerprint density at radius 3 is 1.64 bits per heavy atom. The van der Waals surface area contributed by atoms with Crippen molar-refractivity contribution in [3.63, 3.8) is 0 Å². The molecule has 0 atom stereocenters. The van der Waals surface area contributed by atoms with Gasteiger partial charge in [-0.1, -0.05) is 0 Å². The first kappa shape index (κ1) is 46.6. The molecule has 8 rings (SSSR count). The average Bonchev–Trinajstić information content (AvgIpc) is 3.77. The average molecular weight is 845 g/mol. The number of fused-ring (bicyclic) bond motifs is 2. The Morgan fingerprint density at radius 2 is 1.08 bits per heavy atom. The first-order valence-corrected chi connectivity index (χ1v) is 17.2. The number of aromatic nitrogens is 16. The van der Waals surface area contributed by atoms with Crippen LogP contribution in [-0.4, -0.2) is 77.2 Å². The predicted octanol–water partition coefficient (Wildman–Crippen LogP) is -3.33. The van der Waals surface area contributed by atoms with Crippen molar-refractivity contribution in [3.05, 3.63) is 140 Å². The lowest BCUT2D eigenvalue weighted by molar-refractivity contribution is 0.789. The number of H-pyrrole nitrogens is 3. The zero-order chi connectivity index (χ0) is 45.7. The molecule has 0 aliphatic rings. The molecule has 0 aromatic carbocycles. The van der Waals surface area contributed by atoms with Gasteiger partial charge in [0.25, 0.3) is 16.7 Å². The number of imidazole rings is 2. The Bertz CT molecular complexity index is 3170. The second kappa shape index (κ2) is 20.6. The van der Waals surface area contributed by atoms with Crippen molar-refractivity contribution in [2.75, 3.05) is 22.9 Å². The second-order valence-electron chi connectivity index (χ2n) is 12.6. The zero-order valence-electron chi connectivity index (χ0n) is 34.2. The van der Waals surface area contributed by atoms with E-state index in [1.54, 1.807) is 76.1 Å². The van der Waals surface area contributed by atoms with Crippen LogP contribution in [-0.2, 0) is 42.3 Å². The standard InChI is InChI=1S/C6H7N5O.C6H7N5.C6H9N3O.C6H8N2O2.C5H7N3O.C5H6N2O2/c1-11-2-8-3-4(11)9-6(7)10-5(3)12;1-11-3-10-4-5(7)8-2-9-6(4)11;1-4-3-9(2)6(10)8-5(4)7;1-4-3-8(2)6(10)7-5(4)9;1-8-3-2-4(6)7-5(8)9;1-7-3-2-4(8)6-5(7)9/h2H,1H3,(H3,7,9,10,12);2-3H,1H3,(H2,7,8,9);3H,1-2H3,(H2,7,8,10);3H,1-2H3,(H,7,9,10);2-3H,1H3,(H2,6,7,9);2-3H,1H3,(H,6,8,9). The maximum absolute atomic E-state index is 11.2. The van der Waals surface area contributed by atoms with E-state index >= 15 is 0 Å². The van der Waals surface area contributed by atoms with Gasteiger partial charge in [0.15, 0.2) is 22.6 Å². The van der Waals surface area contributed by atoms with Crippen LogP contribution >= 0.6 is 0 Å². The maximum atomic E-state index is 11.2. The van der Waals surface area contributed by atoms with Crippen molar-refractivity contribution >= 4 is 45.7 Å². The van der Waals surface area contributed by atoms with Crippen LogP contribution < -0.4 is 62.4 Å². The number of rotatable bonds is 0. The summed E-state index contributed by atoms with van der Waals surface area (Å²) in [5.41, 5.74) is 22.7. The minimum absolute atomic E-state index is 0.108. The Morgan fingerprint density at radius 1 is 0.508 bits per heavy atom. The van der Waals surface area contributed by atoms with E-state index in [-0.39, 0.29) is 51.2 Å². The molecule has 61 heavy (non-hydrogen) atoms. The summed E-state index contributed by atoms with van der Waals surface area (Å²) in [6.07, 6.45) is 10.8. The fourth-order valence-electron chi connectivity index (χ4n) is 4.33. The lowest BCUT2D eigenvalue weighted by Crippen LogP contribution is -2.28. The van der Waals surface area contributed by atoms with E-state index in [9.17, 15) is 33.6 Å². The molecule has 322 valence electrons. The summed E-state index contributed by atoms with van der Waals surface area (Å²) >= 11 is 0. The van der Waals surface area contributed by atoms with Gasteiger partial charge in [0.1, 0.15) is 23.5 Å². The van der Waals surface area contributed by atoms with Crippen LogP contribution in [0.1, 0.15) is 11.1 Å². The highest BCUT2D eigenvalue weighted by atomic mass is 16.2. The molecule has 0 saturated heterocycles. The summed E-state index contributed by atoms with van der Waals surface area (Å²) < 4.78 is 8.81. The molecule has 0 unspecified atom stereocenters. The van der Waals surface area contributed by atoms with Gasteiger partial charge in [0.2, 0.25) is 5.95 Å². The molecule has 27 heteroatoms. The Labute approximate surface area is 341 Å². The van der Waals surface area contributed by atoms with Crippen molar-refractivity contribution in [2.45, 2.75) is 13.8 Å². The summed E-state index contributed by atoms with van der Waals surface area (Å²) in [7, 11) is 10.0. The van der Waals surface area contributed by atoms with E-state index in [0.29, 0.717) is 33.9 Å². The topological polar surface area (TPSA) is 391 Å². The third-order valence-electron chi connectivity index (χ3n) is 7.71. The van der Waals surface area contributed by atoms with E-state index in [4.69, 9.17) is 22.9 Å². The van der Waals surface area contributed by atoms with Gasteiger partial charge in [0.05, 0.1) is 12.7 Å². The molecular weight excluding hydrogens is 801 g/mol. The molecule has 0 bridgehead atoms. The van der Waals surface area contributed by atoms with E-state index in [1.807, 2.05) is 14.0 Å². The third-order valence-corrected chi connectivity index (χ3v) is 7.71. The molecule has 0 amide bonds. The van der Waals surface area contributed by atoms with Gasteiger partial charge >= 0.3 is 22.8 Å². The largest absolute Gasteiger partial charge is 0.383 e. The molecule has 8 aromatic rings. The Balaban J connectivity index is 0.000000196. The van der Waals surface area contributed by atoms with Gasteiger partial charge in [-0.25, -0.2) is 39.1 Å². The third kappa shape index (κ3) is 13.1. The maximum Gasteiger partial charge on any atom is 0.349 e. The highest BCUT2D eigenvalue weighted by Gasteiger charge is 2.06. The second-order valence-corrected chi connectivity index (χ2v) is 12.6. The first-order valence-electron chi connectivity index (χ1n) is 17.2. The number of aromatic amines is 3. The minimum atomic E-state index is -0.387. The molecule has 27 nitrogen and oxygen atoms in total. The van der Waals surface area contributed by atoms with Crippen LogP contribution in [0, 0.1) is 13.8 Å². The van der Waals surface area contributed by atoms with Gasteiger partial charge in [0, 0.05) is 84.3 Å². The van der Waals surface area contributed by atoms with E-state index in [0.717, 1.165) is 11.2 Å². The van der Waals surface area contributed by atoms with Crippen molar-refractivity contribution in [1.29, 1.82) is 0 Å². The van der Waals surface area contributed by atoms with Gasteiger partial charge in [-0.05, 0) is 19.9 Å². The minimum Gasteiger partial charge on any atom is -0.383 e. The normalized spacial score (nSPS) is 10.0. The lowest BCUT2D eigenvalue weighted by Gasteiger charge is -1.99. The molecule has 0 aliphatic carbocycles. The molecule has 0 aliphatic heterocycles. The van der Waals surface area contributed by atoms with E-state index < -0.39 is 0 Å². The molecular formula is C34H44N20O7. The van der Waals surface area contributed by atoms with Crippen LogP contribution in [0.25, 0.3) is 22.3 Å². The zero-order valence-corrected chi connectivity index (χ0v) is 34.2. The predicted molar refractivity (Wildman–Crippen MR) is 226 cm³/mol. The molecule has 0 radical (unpaired) electrons. The number of nitrogens with one attached hydrogen (secondary N) is 3. The number of aryl methyl sites for hydroxylation is 8. The number of hydrogen-bond acceptors (Lipinski definition) is 18. The fourth-order valence-corrected chi connectivity index (χ4v) is 4.33. The van der Waals surface area contributed by atoms with Crippen molar-refractivity contribution in [2.24, 2.45) is 42.3 Å². The van der Waals surface area contributed by atoms with Crippen LogP contribution in [0.2, 0.25) is 0 Å². The summed E-state index contributed by atoms with van der Waals surface area (Å²) in [6, 6.07) is 2.86. The highest BCUT2D eigenvalue weighted by molar-refractivity contribution is 5.80. The number of nitrogens with zero attached hydrogens (tertiary/aromatic N) is 13. The number of nitrogen functional groups attached to an aromatic ring is 4. The summed E-state index contributed by atoms with van der Waals surface area (Å²) in [6.45, 7) is 3.46. The molecule has 0 saturated carbocycles. The lowest BCUT2D eigenvalue weighted by atomic mass is 10.3. The Hall–Kier alpha value is -8.78. The molecule has 8 aromatic heterocycles. The van der Waals surface area contributed by atoms with Gasteiger partial charge in [-0.3, -0.25) is 29.3 Å². The quantitative estimate of drug-likeness (QED) is 0.0785.